The largest absolute Gasteiger partial charge is 0.356 e. The summed E-state index contributed by atoms with van der Waals surface area (Å²) in [6, 6.07) is 2.48. The number of hydrogen-bond donors (Lipinski definition) is 1. The fraction of sp³-hybridized carbons (Fsp3) is 0.562. The van der Waals surface area contributed by atoms with Gasteiger partial charge < -0.3 is 5.32 Å². The Hall–Kier alpha value is -1.58. The smallest absolute Gasteiger partial charge is 0.246 e. The van der Waals surface area contributed by atoms with E-state index in [0.29, 0.717) is 38.4 Å². The van der Waals surface area contributed by atoms with Crippen LogP contribution >= 0.6 is 0 Å². The summed E-state index contributed by atoms with van der Waals surface area (Å²) in [6.45, 7) is 1.36. The lowest BCUT2D eigenvalue weighted by atomic mass is 9.87. The van der Waals surface area contributed by atoms with Crippen LogP contribution in [0.15, 0.2) is 23.1 Å². The van der Waals surface area contributed by atoms with Crippen molar-refractivity contribution >= 4 is 15.9 Å². The van der Waals surface area contributed by atoms with Crippen LogP contribution in [0.2, 0.25) is 0 Å². The van der Waals surface area contributed by atoms with Gasteiger partial charge in [0.1, 0.15) is 16.5 Å². The number of sulfonamides is 1. The number of hydrogen-bond acceptors (Lipinski definition) is 4. The van der Waals surface area contributed by atoms with Gasteiger partial charge in [-0.3, -0.25) is 9.69 Å². The Morgan fingerprint density at radius 3 is 2.68 bits per heavy atom. The Morgan fingerprint density at radius 2 is 1.96 bits per heavy atom. The van der Waals surface area contributed by atoms with Crippen molar-refractivity contribution in [3.05, 3.63) is 29.8 Å². The minimum Gasteiger partial charge on any atom is -0.356 e. The molecule has 138 valence electrons. The molecule has 2 aliphatic rings. The van der Waals surface area contributed by atoms with Crippen molar-refractivity contribution in [1.29, 1.82) is 0 Å². The lowest BCUT2D eigenvalue weighted by molar-refractivity contribution is -0.121. The first-order valence-electron chi connectivity index (χ1n) is 8.18. The highest BCUT2D eigenvalue weighted by Gasteiger charge is 2.44. The monoisotopic (exact) mass is 373 g/mol. The molecule has 2 heterocycles. The standard InChI is InChI=1S/C16H21F2N3O3S/c1-20-8-9-21(11-16(20)5-4-15(22)19-7-6-16)25(23,24)14-3-2-12(17)10-13(14)18/h2-3,10H,4-9,11H2,1H3,(H,19,22)/t16-/m1/s1. The molecule has 1 atom stereocenters. The number of piperazine rings is 1. The zero-order valence-corrected chi connectivity index (χ0v) is 14.8. The number of likely N-dealkylation sites (N-methyl/N-ethyl adjacent to an activating group) is 1. The molecule has 6 nitrogen and oxygen atoms in total. The molecular formula is C16H21F2N3O3S. The molecule has 2 fully saturated rings. The van der Waals surface area contributed by atoms with E-state index in [4.69, 9.17) is 0 Å². The minimum atomic E-state index is -4.07. The predicted molar refractivity (Wildman–Crippen MR) is 87.3 cm³/mol. The van der Waals surface area contributed by atoms with E-state index in [-0.39, 0.29) is 19.0 Å². The average Bonchev–Trinajstić information content (AvgIpc) is 2.72. The Morgan fingerprint density at radius 1 is 1.20 bits per heavy atom. The lowest BCUT2D eigenvalue weighted by Gasteiger charge is -2.48. The number of amides is 1. The van der Waals surface area contributed by atoms with Crippen LogP contribution in [0, 0.1) is 11.6 Å². The molecular weight excluding hydrogens is 352 g/mol. The molecule has 0 saturated carbocycles. The van der Waals surface area contributed by atoms with Crippen molar-refractivity contribution in [1.82, 2.24) is 14.5 Å². The summed E-state index contributed by atoms with van der Waals surface area (Å²) in [5, 5.41) is 2.80. The van der Waals surface area contributed by atoms with E-state index in [1.165, 1.54) is 4.31 Å². The van der Waals surface area contributed by atoms with Gasteiger partial charge in [0.15, 0.2) is 0 Å². The van der Waals surface area contributed by atoms with Gasteiger partial charge in [-0.25, -0.2) is 17.2 Å². The van der Waals surface area contributed by atoms with Crippen molar-refractivity contribution in [3.63, 3.8) is 0 Å². The average molecular weight is 373 g/mol. The number of halogens is 2. The van der Waals surface area contributed by atoms with E-state index < -0.39 is 32.1 Å². The number of carbonyl (C=O) groups excluding carboxylic acids is 1. The first-order chi connectivity index (χ1) is 11.7. The SMILES string of the molecule is CN1CCN(S(=O)(=O)c2ccc(F)cc2F)C[C@@]12CCNC(=O)CC2. The fourth-order valence-electron chi connectivity index (χ4n) is 3.59. The molecule has 2 saturated heterocycles. The van der Waals surface area contributed by atoms with Gasteiger partial charge in [-0.05, 0) is 32.0 Å². The Bertz CT molecular complexity index is 787. The van der Waals surface area contributed by atoms with E-state index in [1.54, 1.807) is 0 Å². The number of carbonyl (C=O) groups is 1. The third-order valence-electron chi connectivity index (χ3n) is 5.21. The number of benzene rings is 1. The van der Waals surface area contributed by atoms with Gasteiger partial charge in [-0.2, -0.15) is 4.31 Å². The van der Waals surface area contributed by atoms with Gasteiger partial charge in [0, 0.05) is 44.2 Å². The number of rotatable bonds is 2. The maximum absolute atomic E-state index is 14.0. The second-order valence-corrected chi connectivity index (χ2v) is 8.57. The molecule has 25 heavy (non-hydrogen) atoms. The summed E-state index contributed by atoms with van der Waals surface area (Å²) in [4.78, 5) is 13.2. The van der Waals surface area contributed by atoms with Gasteiger partial charge >= 0.3 is 0 Å². The van der Waals surface area contributed by atoms with Crippen LogP contribution < -0.4 is 5.32 Å². The summed E-state index contributed by atoms with van der Waals surface area (Å²) in [7, 11) is -2.16. The van der Waals surface area contributed by atoms with Gasteiger partial charge in [0.25, 0.3) is 0 Å². The first-order valence-corrected chi connectivity index (χ1v) is 9.62. The van der Waals surface area contributed by atoms with E-state index in [1.807, 2.05) is 7.05 Å². The molecule has 0 aromatic heterocycles. The molecule has 1 amide bonds. The van der Waals surface area contributed by atoms with Gasteiger partial charge in [0.05, 0.1) is 0 Å². The normalized spacial score (nSPS) is 26.4. The van der Waals surface area contributed by atoms with Crippen LogP contribution in [-0.2, 0) is 14.8 Å². The molecule has 0 unspecified atom stereocenters. The van der Waals surface area contributed by atoms with Gasteiger partial charge in [-0.1, -0.05) is 0 Å². The highest BCUT2D eigenvalue weighted by molar-refractivity contribution is 7.89. The Labute approximate surface area is 145 Å². The molecule has 2 aliphatic heterocycles. The van der Waals surface area contributed by atoms with Crippen LogP contribution in [0.25, 0.3) is 0 Å². The van der Waals surface area contributed by atoms with Crippen LogP contribution in [0.1, 0.15) is 19.3 Å². The molecule has 0 aliphatic carbocycles. The summed E-state index contributed by atoms with van der Waals surface area (Å²) < 4.78 is 54.1. The van der Waals surface area contributed by atoms with Crippen molar-refractivity contribution in [3.8, 4) is 0 Å². The Kier molecular flexibility index (Phi) is 4.82. The van der Waals surface area contributed by atoms with Gasteiger partial charge in [-0.15, -0.1) is 0 Å². The van der Waals surface area contributed by atoms with Crippen LogP contribution in [-0.4, -0.2) is 62.3 Å². The van der Waals surface area contributed by atoms with Crippen molar-refractivity contribution in [2.75, 3.05) is 33.2 Å². The second kappa shape index (κ2) is 6.62. The van der Waals surface area contributed by atoms with Crippen molar-refractivity contribution in [2.24, 2.45) is 0 Å². The molecule has 1 aromatic carbocycles. The fourth-order valence-corrected chi connectivity index (χ4v) is 5.15. The van der Waals surface area contributed by atoms with Crippen molar-refractivity contribution < 1.29 is 22.0 Å². The van der Waals surface area contributed by atoms with E-state index >= 15 is 0 Å². The minimum absolute atomic E-state index is 0.0464. The highest BCUT2D eigenvalue weighted by Crippen LogP contribution is 2.33. The maximum Gasteiger partial charge on any atom is 0.246 e. The molecule has 1 aromatic rings. The summed E-state index contributed by atoms with van der Waals surface area (Å²) in [5.74, 6) is -1.96. The second-order valence-electron chi connectivity index (χ2n) is 6.66. The van der Waals surface area contributed by atoms with Crippen LogP contribution in [0.5, 0.6) is 0 Å². The predicted octanol–water partition coefficient (Wildman–Crippen LogP) is 0.940. The quantitative estimate of drug-likeness (QED) is 0.838. The zero-order chi connectivity index (χ0) is 18.2. The number of nitrogens with one attached hydrogen (secondary N) is 1. The molecule has 0 bridgehead atoms. The van der Waals surface area contributed by atoms with Crippen LogP contribution in [0.4, 0.5) is 8.78 Å². The van der Waals surface area contributed by atoms with E-state index in [2.05, 4.69) is 10.2 Å². The summed E-state index contributed by atoms with van der Waals surface area (Å²) in [5.41, 5.74) is -0.471. The molecule has 1 spiro atoms. The topological polar surface area (TPSA) is 69.7 Å². The lowest BCUT2D eigenvalue weighted by Crippen LogP contribution is -2.62. The molecule has 3 rings (SSSR count). The number of nitrogens with zero attached hydrogens (tertiary/aromatic N) is 2. The zero-order valence-electron chi connectivity index (χ0n) is 14.0. The van der Waals surface area contributed by atoms with E-state index in [0.717, 1.165) is 12.1 Å². The van der Waals surface area contributed by atoms with E-state index in [9.17, 15) is 22.0 Å². The summed E-state index contributed by atoms with van der Waals surface area (Å²) >= 11 is 0. The van der Waals surface area contributed by atoms with Crippen molar-refractivity contribution in [2.45, 2.75) is 29.7 Å². The summed E-state index contributed by atoms with van der Waals surface area (Å²) in [6.07, 6.45) is 1.48. The third-order valence-corrected chi connectivity index (χ3v) is 7.09. The van der Waals surface area contributed by atoms with Gasteiger partial charge in [0.2, 0.25) is 15.9 Å². The maximum atomic E-state index is 14.0. The van der Waals surface area contributed by atoms with Crippen LogP contribution in [0.3, 0.4) is 0 Å². The molecule has 0 radical (unpaired) electrons. The molecule has 1 N–H and O–H groups in total. The molecule has 9 heteroatoms. The third kappa shape index (κ3) is 3.40. The highest BCUT2D eigenvalue weighted by atomic mass is 32.2. The Balaban J connectivity index is 1.91. The first kappa shape index (κ1) is 18.2.